The summed E-state index contributed by atoms with van der Waals surface area (Å²) >= 11 is 0. The number of amides is 1. The van der Waals surface area contributed by atoms with Crippen molar-refractivity contribution in [2.24, 2.45) is 0 Å². The zero-order chi connectivity index (χ0) is 27.7. The third-order valence-corrected chi connectivity index (χ3v) is 10.4. The van der Waals surface area contributed by atoms with E-state index in [2.05, 4.69) is 57.8 Å². The lowest BCUT2D eigenvalue weighted by molar-refractivity contribution is -0.125. The summed E-state index contributed by atoms with van der Waals surface area (Å²) in [7, 11) is 0. The lowest BCUT2D eigenvalue weighted by Gasteiger charge is -2.48. The molecule has 0 bridgehead atoms. The number of pyridine rings is 1. The molecule has 1 aromatic carbocycles. The first-order valence-electron chi connectivity index (χ1n) is 16.0. The molecule has 3 aliphatic heterocycles. The molecule has 8 heteroatoms. The Morgan fingerprint density at radius 3 is 2.54 bits per heavy atom. The molecule has 0 atom stereocenters. The number of anilines is 1. The quantitative estimate of drug-likeness (QED) is 0.451. The molecule has 1 spiro atoms. The number of nitrogens with one attached hydrogen (secondary N) is 1. The Labute approximate surface area is 242 Å². The Bertz CT molecular complexity index is 1470. The maximum Gasteiger partial charge on any atom is 0.241 e. The van der Waals surface area contributed by atoms with Gasteiger partial charge >= 0.3 is 0 Å². The van der Waals surface area contributed by atoms with Crippen molar-refractivity contribution in [2.45, 2.75) is 101 Å². The van der Waals surface area contributed by atoms with Crippen LogP contribution in [-0.2, 0) is 10.2 Å². The zero-order valence-electron chi connectivity index (χ0n) is 24.4. The lowest BCUT2D eigenvalue weighted by atomic mass is 9.74. The fourth-order valence-electron chi connectivity index (χ4n) is 7.79. The highest BCUT2D eigenvalue weighted by Crippen LogP contribution is 2.51. The van der Waals surface area contributed by atoms with Gasteiger partial charge in [0, 0.05) is 29.4 Å². The number of likely N-dealkylation sites (tertiary alicyclic amines) is 1. The minimum Gasteiger partial charge on any atom is -0.473 e. The Hall–Kier alpha value is -2.97. The maximum absolute atomic E-state index is 14.4. The van der Waals surface area contributed by atoms with Crippen molar-refractivity contribution in [3.05, 3.63) is 36.2 Å². The van der Waals surface area contributed by atoms with Gasteiger partial charge in [0.1, 0.15) is 11.6 Å². The van der Waals surface area contributed by atoms with Crippen molar-refractivity contribution >= 4 is 22.6 Å². The van der Waals surface area contributed by atoms with Crippen LogP contribution in [0.15, 0.2) is 30.6 Å². The summed E-state index contributed by atoms with van der Waals surface area (Å²) in [6.07, 6.45) is 12.2. The van der Waals surface area contributed by atoms with Gasteiger partial charge in [-0.15, -0.1) is 0 Å². The van der Waals surface area contributed by atoms with Crippen molar-refractivity contribution in [2.75, 3.05) is 31.1 Å². The number of imidazole rings is 1. The van der Waals surface area contributed by atoms with Crippen LogP contribution in [0.5, 0.6) is 5.88 Å². The molecule has 8 nitrogen and oxygen atoms in total. The topological polar surface area (TPSA) is 75.5 Å². The number of carbonyl (C=O) groups is 1. The molecule has 0 radical (unpaired) electrons. The molecule has 2 aliphatic carbocycles. The number of ether oxygens (including phenoxy) is 1. The van der Waals surface area contributed by atoms with Gasteiger partial charge < -0.3 is 24.4 Å². The average Bonchev–Trinajstić information content (AvgIpc) is 3.63. The predicted molar refractivity (Wildman–Crippen MR) is 161 cm³/mol. The first-order valence-corrected chi connectivity index (χ1v) is 16.0. The lowest BCUT2D eigenvalue weighted by Crippen LogP contribution is -2.58. The van der Waals surface area contributed by atoms with Gasteiger partial charge in [0.05, 0.1) is 23.0 Å². The number of aromatic nitrogens is 3. The third-order valence-electron chi connectivity index (χ3n) is 10.4. The van der Waals surface area contributed by atoms with Crippen molar-refractivity contribution in [1.29, 1.82) is 0 Å². The first kappa shape index (κ1) is 25.7. The molecule has 3 aromatic rings. The smallest absolute Gasteiger partial charge is 0.241 e. The minimum atomic E-state index is -0.400. The Morgan fingerprint density at radius 1 is 1.02 bits per heavy atom. The summed E-state index contributed by atoms with van der Waals surface area (Å²) in [5, 5.41) is 3.49. The van der Waals surface area contributed by atoms with E-state index < -0.39 is 5.41 Å². The highest BCUT2D eigenvalue weighted by atomic mass is 16.5. The molecule has 4 fully saturated rings. The molecule has 216 valence electrons. The van der Waals surface area contributed by atoms with E-state index in [1.807, 2.05) is 6.33 Å². The van der Waals surface area contributed by atoms with Crippen molar-refractivity contribution in [3.63, 3.8) is 0 Å². The highest BCUT2D eigenvalue weighted by molar-refractivity contribution is 6.09. The van der Waals surface area contributed by atoms with Crippen LogP contribution in [0.3, 0.4) is 0 Å². The molecule has 2 saturated carbocycles. The van der Waals surface area contributed by atoms with E-state index >= 15 is 0 Å². The zero-order valence-corrected chi connectivity index (χ0v) is 24.4. The molecule has 0 unspecified atom stereocenters. The molecule has 41 heavy (non-hydrogen) atoms. The number of carbonyl (C=O) groups excluding carboxylic acids is 1. The van der Waals surface area contributed by atoms with Crippen LogP contribution in [0.2, 0.25) is 0 Å². The first-order chi connectivity index (χ1) is 20.0. The molecular weight excluding hydrogens is 512 g/mol. The highest BCUT2D eigenvalue weighted by Gasteiger charge is 2.54. The number of rotatable bonds is 6. The summed E-state index contributed by atoms with van der Waals surface area (Å²) in [6, 6.07) is 9.90. The number of hydrogen-bond acceptors (Lipinski definition) is 6. The van der Waals surface area contributed by atoms with Gasteiger partial charge in [0.15, 0.2) is 0 Å². The molecule has 8 rings (SSSR count). The summed E-state index contributed by atoms with van der Waals surface area (Å²) < 4.78 is 8.51. The van der Waals surface area contributed by atoms with Gasteiger partial charge in [0.2, 0.25) is 11.8 Å². The molecule has 1 amide bonds. The SMILES string of the molecule is CC(C)n1cnc2cc(-c3ccc4c(c3)N([C@H]3C[C@@H](N5CCCCC5)C3)C(=O)C43CCNCC3)nc(OC3CC3)c21. The summed E-state index contributed by atoms with van der Waals surface area (Å²) in [5.74, 6) is 1.00. The van der Waals surface area contributed by atoms with E-state index in [1.54, 1.807) is 0 Å². The van der Waals surface area contributed by atoms with E-state index in [4.69, 9.17) is 14.7 Å². The van der Waals surface area contributed by atoms with Crippen LogP contribution in [0.1, 0.15) is 83.2 Å². The van der Waals surface area contributed by atoms with Gasteiger partial charge in [-0.3, -0.25) is 4.79 Å². The second kappa shape index (κ2) is 9.80. The fourth-order valence-corrected chi connectivity index (χ4v) is 7.79. The number of piperidine rings is 2. The maximum atomic E-state index is 14.4. The second-order valence-corrected chi connectivity index (χ2v) is 13.4. The van der Waals surface area contributed by atoms with Crippen LogP contribution >= 0.6 is 0 Å². The molecule has 2 saturated heterocycles. The van der Waals surface area contributed by atoms with E-state index in [0.29, 0.717) is 17.8 Å². The van der Waals surface area contributed by atoms with Gasteiger partial charge in [-0.25, -0.2) is 9.97 Å². The van der Waals surface area contributed by atoms with E-state index in [-0.39, 0.29) is 18.2 Å². The third kappa shape index (κ3) is 4.20. The van der Waals surface area contributed by atoms with Gasteiger partial charge in [-0.05, 0) is 109 Å². The van der Waals surface area contributed by atoms with Crippen LogP contribution in [0, 0.1) is 0 Å². The molecular formula is C33H42N6O2. The van der Waals surface area contributed by atoms with Gasteiger partial charge in [0.25, 0.3) is 0 Å². The number of nitrogens with zero attached hydrogens (tertiary/aromatic N) is 5. The van der Waals surface area contributed by atoms with Crippen LogP contribution < -0.4 is 15.0 Å². The standard InChI is InChI=1S/C33H42N6O2/c1-21(2)38-20-35-28-19-27(36-31(30(28)38)41-25-7-8-25)22-6-9-26-29(16-22)39(32(40)33(26)10-12-34-13-11-33)24-17-23(18-24)37-14-4-3-5-15-37/h6,9,16,19-21,23-25,34H,3-5,7-8,10-15,17-18H2,1-2H3/t23-,24+. The molecule has 2 aromatic heterocycles. The molecule has 5 heterocycles. The predicted octanol–water partition coefficient (Wildman–Crippen LogP) is 5.21. The largest absolute Gasteiger partial charge is 0.473 e. The number of fused-ring (bicyclic) bond motifs is 3. The Morgan fingerprint density at radius 2 is 1.80 bits per heavy atom. The average molecular weight is 555 g/mol. The van der Waals surface area contributed by atoms with Gasteiger partial charge in [-0.2, -0.15) is 0 Å². The Kier molecular flexibility index (Phi) is 6.15. The van der Waals surface area contributed by atoms with Crippen LogP contribution in [0.4, 0.5) is 5.69 Å². The van der Waals surface area contributed by atoms with E-state index in [0.717, 1.165) is 79.6 Å². The second-order valence-electron chi connectivity index (χ2n) is 13.4. The van der Waals surface area contributed by atoms with Crippen molar-refractivity contribution in [3.8, 4) is 17.1 Å². The molecule has 5 aliphatic rings. The molecule has 1 N–H and O–H groups in total. The summed E-state index contributed by atoms with van der Waals surface area (Å²) in [4.78, 5) is 29.1. The van der Waals surface area contributed by atoms with E-state index in [9.17, 15) is 4.79 Å². The summed E-state index contributed by atoms with van der Waals surface area (Å²) in [5.41, 5.74) is 5.70. The summed E-state index contributed by atoms with van der Waals surface area (Å²) in [6.45, 7) is 8.53. The number of benzene rings is 1. The van der Waals surface area contributed by atoms with Gasteiger partial charge in [-0.1, -0.05) is 18.6 Å². The van der Waals surface area contributed by atoms with Crippen molar-refractivity contribution < 1.29 is 9.53 Å². The van der Waals surface area contributed by atoms with Crippen molar-refractivity contribution in [1.82, 2.24) is 24.8 Å². The minimum absolute atomic E-state index is 0.246. The Balaban J connectivity index is 1.18. The fraction of sp³-hybridized carbons (Fsp3) is 0.606. The monoisotopic (exact) mass is 554 g/mol. The number of hydrogen-bond donors (Lipinski definition) is 1. The van der Waals surface area contributed by atoms with Crippen LogP contribution in [0.25, 0.3) is 22.3 Å². The van der Waals surface area contributed by atoms with Crippen LogP contribution in [-0.4, -0.2) is 69.7 Å². The normalized spacial score (nSPS) is 26.1. The van der Waals surface area contributed by atoms with E-state index in [1.165, 1.54) is 37.9 Å².